The van der Waals surface area contributed by atoms with Crippen LogP contribution in [0.3, 0.4) is 0 Å². The normalized spacial score (nSPS) is 12.4. The van der Waals surface area contributed by atoms with Crippen molar-refractivity contribution < 1.29 is 4.74 Å². The van der Waals surface area contributed by atoms with Gasteiger partial charge < -0.3 is 10.5 Å². The van der Waals surface area contributed by atoms with Gasteiger partial charge in [0.15, 0.2) is 5.75 Å². The average molecular weight is 291 g/mol. The van der Waals surface area contributed by atoms with Gasteiger partial charge in [0.1, 0.15) is 0 Å². The quantitative estimate of drug-likeness (QED) is 0.831. The molecule has 0 spiro atoms. The minimum absolute atomic E-state index is 0.0984. The van der Waals surface area contributed by atoms with Crippen molar-refractivity contribution in [1.82, 2.24) is 9.78 Å². The summed E-state index contributed by atoms with van der Waals surface area (Å²) in [6.07, 6.45) is 1.73. The van der Waals surface area contributed by atoms with Crippen LogP contribution < -0.4 is 10.5 Å². The molecule has 0 saturated heterocycles. The highest BCUT2D eigenvalue weighted by atomic mass is 32.2. The molecular formula is C15H21N3OS. The Morgan fingerprint density at radius 2 is 2.05 bits per heavy atom. The number of rotatable bonds is 6. The van der Waals surface area contributed by atoms with Crippen molar-refractivity contribution in [2.75, 3.05) is 12.9 Å². The highest BCUT2D eigenvalue weighted by Gasteiger charge is 2.18. The van der Waals surface area contributed by atoms with Gasteiger partial charge >= 0.3 is 0 Å². The summed E-state index contributed by atoms with van der Waals surface area (Å²) in [6.45, 7) is 4.93. The molecule has 5 heteroatoms. The number of benzene rings is 1. The van der Waals surface area contributed by atoms with Gasteiger partial charge in [-0.05, 0) is 26.0 Å². The first-order chi connectivity index (χ1) is 9.65. The lowest BCUT2D eigenvalue weighted by Gasteiger charge is -2.15. The maximum Gasteiger partial charge on any atom is 0.161 e. The summed E-state index contributed by atoms with van der Waals surface area (Å²) in [6, 6.07) is 8.39. The van der Waals surface area contributed by atoms with E-state index in [9.17, 15) is 0 Å². The monoisotopic (exact) mass is 291 g/mol. The Hall–Kier alpha value is -1.46. The van der Waals surface area contributed by atoms with E-state index < -0.39 is 0 Å². The Kier molecular flexibility index (Phi) is 5.09. The molecule has 0 amide bonds. The van der Waals surface area contributed by atoms with Gasteiger partial charge in [-0.15, -0.1) is 11.8 Å². The van der Waals surface area contributed by atoms with Crippen molar-refractivity contribution in [2.24, 2.45) is 5.73 Å². The number of nitrogens with two attached hydrogens (primary N) is 1. The number of thioether (sulfide) groups is 1. The van der Waals surface area contributed by atoms with E-state index in [4.69, 9.17) is 10.5 Å². The summed E-state index contributed by atoms with van der Waals surface area (Å²) < 4.78 is 7.25. The fourth-order valence-corrected chi connectivity index (χ4v) is 2.92. The van der Waals surface area contributed by atoms with Crippen LogP contribution in [-0.4, -0.2) is 22.6 Å². The SMILES string of the molecule is CCn1ncc(OC)c1C(N)CSc1ccc(C)cc1. The fraction of sp³-hybridized carbons (Fsp3) is 0.400. The second kappa shape index (κ2) is 6.81. The standard InChI is InChI=1S/C15H21N3OS/c1-4-18-15(14(19-3)9-17-18)13(16)10-20-12-7-5-11(2)6-8-12/h5-9,13H,4,10,16H2,1-3H3. The summed E-state index contributed by atoms with van der Waals surface area (Å²) in [5.41, 5.74) is 8.54. The van der Waals surface area contributed by atoms with E-state index in [2.05, 4.69) is 43.2 Å². The predicted octanol–water partition coefficient (Wildman–Crippen LogP) is 3.01. The first kappa shape index (κ1) is 14.9. The van der Waals surface area contributed by atoms with Crippen LogP contribution in [0.1, 0.15) is 24.2 Å². The molecule has 0 radical (unpaired) electrons. The Balaban J connectivity index is 2.06. The fourth-order valence-electron chi connectivity index (χ4n) is 2.06. The van der Waals surface area contributed by atoms with Crippen molar-refractivity contribution >= 4 is 11.8 Å². The molecule has 108 valence electrons. The highest BCUT2D eigenvalue weighted by Crippen LogP contribution is 2.28. The minimum Gasteiger partial charge on any atom is -0.493 e. The third-order valence-corrected chi connectivity index (χ3v) is 4.30. The van der Waals surface area contributed by atoms with Gasteiger partial charge in [-0.3, -0.25) is 4.68 Å². The largest absolute Gasteiger partial charge is 0.493 e. The van der Waals surface area contributed by atoms with Gasteiger partial charge in [-0.1, -0.05) is 17.7 Å². The van der Waals surface area contributed by atoms with Crippen LogP contribution in [0.4, 0.5) is 0 Å². The smallest absolute Gasteiger partial charge is 0.161 e. The number of hydrogen-bond donors (Lipinski definition) is 1. The van der Waals surface area contributed by atoms with Gasteiger partial charge in [-0.25, -0.2) is 0 Å². The molecule has 20 heavy (non-hydrogen) atoms. The van der Waals surface area contributed by atoms with Crippen molar-refractivity contribution in [1.29, 1.82) is 0 Å². The Bertz CT molecular complexity index is 529. The van der Waals surface area contributed by atoms with Crippen molar-refractivity contribution in [3.8, 4) is 5.75 Å². The average Bonchev–Trinajstić information content (AvgIpc) is 2.89. The van der Waals surface area contributed by atoms with Crippen LogP contribution >= 0.6 is 11.8 Å². The van der Waals surface area contributed by atoms with E-state index in [1.165, 1.54) is 10.5 Å². The Morgan fingerprint density at radius 3 is 2.65 bits per heavy atom. The van der Waals surface area contributed by atoms with Crippen LogP contribution in [0.5, 0.6) is 5.75 Å². The zero-order chi connectivity index (χ0) is 14.5. The second-order valence-electron chi connectivity index (χ2n) is 4.64. The second-order valence-corrected chi connectivity index (χ2v) is 5.74. The number of nitrogens with zero attached hydrogens (tertiary/aromatic N) is 2. The van der Waals surface area contributed by atoms with Gasteiger partial charge in [0.2, 0.25) is 0 Å². The third-order valence-electron chi connectivity index (χ3n) is 3.17. The maximum atomic E-state index is 6.31. The number of ether oxygens (including phenoxy) is 1. The molecule has 1 heterocycles. The van der Waals surface area contributed by atoms with Crippen molar-refractivity contribution in [3.63, 3.8) is 0 Å². The zero-order valence-corrected chi connectivity index (χ0v) is 13.0. The minimum atomic E-state index is -0.0984. The summed E-state index contributed by atoms with van der Waals surface area (Å²) in [5.74, 6) is 1.56. The molecule has 0 aliphatic heterocycles. The lowest BCUT2D eigenvalue weighted by atomic mass is 10.2. The topological polar surface area (TPSA) is 53.1 Å². The lowest BCUT2D eigenvalue weighted by Crippen LogP contribution is -2.19. The maximum absolute atomic E-state index is 6.31. The van der Waals surface area contributed by atoms with Crippen LogP contribution in [0.25, 0.3) is 0 Å². The predicted molar refractivity (Wildman–Crippen MR) is 83.3 cm³/mol. The van der Waals surface area contributed by atoms with Gasteiger partial charge in [0.25, 0.3) is 0 Å². The van der Waals surface area contributed by atoms with E-state index in [-0.39, 0.29) is 6.04 Å². The molecule has 2 rings (SSSR count). The van der Waals surface area contributed by atoms with Crippen molar-refractivity contribution in [3.05, 3.63) is 41.7 Å². The van der Waals surface area contributed by atoms with Crippen LogP contribution in [-0.2, 0) is 6.54 Å². The first-order valence-electron chi connectivity index (χ1n) is 6.70. The van der Waals surface area contributed by atoms with E-state index >= 15 is 0 Å². The van der Waals surface area contributed by atoms with Crippen molar-refractivity contribution in [2.45, 2.75) is 31.3 Å². The van der Waals surface area contributed by atoms with Crippen LogP contribution in [0.15, 0.2) is 35.4 Å². The highest BCUT2D eigenvalue weighted by molar-refractivity contribution is 7.99. The van der Waals surface area contributed by atoms with E-state index in [1.807, 2.05) is 4.68 Å². The first-order valence-corrected chi connectivity index (χ1v) is 7.69. The summed E-state index contributed by atoms with van der Waals surface area (Å²) in [4.78, 5) is 1.23. The van der Waals surface area contributed by atoms with Crippen LogP contribution in [0, 0.1) is 6.92 Å². The molecule has 4 nitrogen and oxygen atoms in total. The summed E-state index contributed by atoms with van der Waals surface area (Å²) in [5, 5.41) is 4.30. The lowest BCUT2D eigenvalue weighted by molar-refractivity contribution is 0.403. The molecule has 1 unspecified atom stereocenters. The molecule has 0 aliphatic carbocycles. The molecular weight excluding hydrogens is 270 g/mol. The van der Waals surface area contributed by atoms with Crippen LogP contribution in [0.2, 0.25) is 0 Å². The Morgan fingerprint density at radius 1 is 1.35 bits per heavy atom. The molecule has 1 aromatic carbocycles. The number of methoxy groups -OCH3 is 1. The molecule has 0 aliphatic rings. The van der Waals surface area contributed by atoms with Gasteiger partial charge in [0.05, 0.1) is 25.0 Å². The number of aromatic nitrogens is 2. The molecule has 1 atom stereocenters. The number of aryl methyl sites for hydroxylation is 2. The molecule has 0 saturated carbocycles. The number of hydrogen-bond acceptors (Lipinski definition) is 4. The van der Waals surface area contributed by atoms with E-state index in [0.29, 0.717) is 0 Å². The van der Waals surface area contributed by atoms with E-state index in [0.717, 1.165) is 23.7 Å². The summed E-state index contributed by atoms with van der Waals surface area (Å²) in [7, 11) is 1.65. The van der Waals surface area contributed by atoms with Gasteiger partial charge in [-0.2, -0.15) is 5.10 Å². The summed E-state index contributed by atoms with van der Waals surface area (Å²) >= 11 is 1.75. The molecule has 0 bridgehead atoms. The Labute approximate surface area is 124 Å². The molecule has 2 aromatic rings. The molecule has 1 aromatic heterocycles. The third kappa shape index (κ3) is 3.35. The zero-order valence-electron chi connectivity index (χ0n) is 12.2. The molecule has 2 N–H and O–H groups in total. The van der Waals surface area contributed by atoms with Gasteiger partial charge in [0, 0.05) is 17.2 Å². The molecule has 0 fully saturated rings. The van der Waals surface area contributed by atoms with E-state index in [1.54, 1.807) is 25.1 Å².